The average molecular weight is 205 g/mol. The second kappa shape index (κ2) is 4.48. The van der Waals surface area contributed by atoms with Gasteiger partial charge >= 0.3 is 0 Å². The number of alkyl halides is 1. The van der Waals surface area contributed by atoms with E-state index in [0.29, 0.717) is 5.88 Å². The van der Waals surface area contributed by atoms with Crippen LogP contribution in [0.15, 0.2) is 24.3 Å². The Morgan fingerprint density at radius 2 is 2.17 bits per heavy atom. The van der Waals surface area contributed by atoms with Gasteiger partial charge in [-0.05, 0) is 17.7 Å². The third kappa shape index (κ3) is 2.50. The van der Waals surface area contributed by atoms with E-state index in [1.807, 2.05) is 0 Å². The van der Waals surface area contributed by atoms with Gasteiger partial charge in [-0.2, -0.15) is 0 Å². The lowest BCUT2D eigenvalue weighted by atomic mass is 10.2. The zero-order valence-electron chi connectivity index (χ0n) is 6.23. The molecule has 0 nitrogen and oxygen atoms in total. The van der Waals surface area contributed by atoms with Gasteiger partial charge in [0.1, 0.15) is 5.82 Å². The summed E-state index contributed by atoms with van der Waals surface area (Å²) in [6.07, 6.45) is 3.48. The largest absolute Gasteiger partial charge is 0.205 e. The Hall–Kier alpha value is -0.530. The summed E-state index contributed by atoms with van der Waals surface area (Å²) in [5.41, 5.74) is 0.762. The van der Waals surface area contributed by atoms with E-state index in [2.05, 4.69) is 0 Å². The number of allylic oxidation sites excluding steroid dienone is 1. The van der Waals surface area contributed by atoms with Crippen LogP contribution in [0.25, 0.3) is 6.08 Å². The Labute approximate surface area is 80.6 Å². The molecule has 0 amide bonds. The highest BCUT2D eigenvalue weighted by atomic mass is 35.5. The van der Waals surface area contributed by atoms with Crippen LogP contribution in [0, 0.1) is 5.82 Å². The van der Waals surface area contributed by atoms with Gasteiger partial charge in [0.15, 0.2) is 0 Å². The lowest BCUT2D eigenvalue weighted by Crippen LogP contribution is -1.78. The van der Waals surface area contributed by atoms with Crippen molar-refractivity contribution in [1.82, 2.24) is 0 Å². The van der Waals surface area contributed by atoms with Gasteiger partial charge < -0.3 is 0 Å². The molecule has 0 aliphatic heterocycles. The highest BCUT2D eigenvalue weighted by Gasteiger charge is 1.97. The summed E-state index contributed by atoms with van der Waals surface area (Å²) in [6.45, 7) is 0. The lowest BCUT2D eigenvalue weighted by Gasteiger charge is -1.95. The van der Waals surface area contributed by atoms with E-state index >= 15 is 0 Å². The van der Waals surface area contributed by atoms with Crippen LogP contribution in [0.4, 0.5) is 4.39 Å². The van der Waals surface area contributed by atoms with E-state index in [-0.39, 0.29) is 5.02 Å². The standard InChI is InChI=1S/C9H7Cl2F/c10-5-1-2-7-3-4-8(11)9(12)6-7/h1-4,6H,5H2. The predicted molar refractivity (Wildman–Crippen MR) is 51.2 cm³/mol. The number of rotatable bonds is 2. The van der Waals surface area contributed by atoms with Crippen LogP contribution in [0.2, 0.25) is 5.02 Å². The second-order valence-corrected chi connectivity index (χ2v) is 2.95. The maximum absolute atomic E-state index is 12.8. The van der Waals surface area contributed by atoms with Gasteiger partial charge in [-0.15, -0.1) is 11.6 Å². The highest BCUT2D eigenvalue weighted by Crippen LogP contribution is 2.16. The summed E-state index contributed by atoms with van der Waals surface area (Å²) in [5.74, 6) is 0.0120. The summed E-state index contributed by atoms with van der Waals surface area (Å²) in [6, 6.07) is 4.62. The fourth-order valence-electron chi connectivity index (χ4n) is 0.797. The van der Waals surface area contributed by atoms with Crippen LogP contribution in [0.1, 0.15) is 5.56 Å². The molecule has 0 spiro atoms. The summed E-state index contributed by atoms with van der Waals surface area (Å²) >= 11 is 10.9. The summed E-state index contributed by atoms with van der Waals surface area (Å²) in [7, 11) is 0. The summed E-state index contributed by atoms with van der Waals surface area (Å²) < 4.78 is 12.8. The molecule has 3 heteroatoms. The predicted octanol–water partition coefficient (Wildman–Crippen LogP) is 3.73. The van der Waals surface area contributed by atoms with E-state index < -0.39 is 5.82 Å². The minimum Gasteiger partial charge on any atom is -0.205 e. The van der Waals surface area contributed by atoms with Crippen molar-refractivity contribution >= 4 is 29.3 Å². The van der Waals surface area contributed by atoms with E-state index in [1.54, 1.807) is 18.2 Å². The van der Waals surface area contributed by atoms with Crippen LogP contribution < -0.4 is 0 Å². The molecule has 0 fully saturated rings. The van der Waals surface area contributed by atoms with Gasteiger partial charge in [-0.25, -0.2) is 4.39 Å². The Bertz CT molecular complexity index is 295. The normalized spacial score (nSPS) is 10.9. The van der Waals surface area contributed by atoms with Crippen LogP contribution in [-0.2, 0) is 0 Å². The maximum Gasteiger partial charge on any atom is 0.142 e. The topological polar surface area (TPSA) is 0 Å². The molecule has 0 bridgehead atoms. The van der Waals surface area contributed by atoms with Crippen molar-refractivity contribution in [2.24, 2.45) is 0 Å². The van der Waals surface area contributed by atoms with Crippen molar-refractivity contribution in [3.63, 3.8) is 0 Å². The van der Waals surface area contributed by atoms with Gasteiger partial charge in [0, 0.05) is 5.88 Å². The van der Waals surface area contributed by atoms with E-state index in [1.165, 1.54) is 12.1 Å². The molecule has 12 heavy (non-hydrogen) atoms. The molecule has 1 aromatic rings. The minimum atomic E-state index is -0.409. The van der Waals surface area contributed by atoms with Crippen molar-refractivity contribution in [3.8, 4) is 0 Å². The van der Waals surface area contributed by atoms with Gasteiger partial charge in [-0.3, -0.25) is 0 Å². The monoisotopic (exact) mass is 204 g/mol. The zero-order chi connectivity index (χ0) is 8.97. The molecular weight excluding hydrogens is 198 g/mol. The first-order valence-corrected chi connectivity index (χ1v) is 4.33. The minimum absolute atomic E-state index is 0.137. The first-order valence-electron chi connectivity index (χ1n) is 3.41. The van der Waals surface area contributed by atoms with Crippen LogP contribution in [-0.4, -0.2) is 5.88 Å². The molecule has 0 radical (unpaired) electrons. The molecule has 0 saturated carbocycles. The fourth-order valence-corrected chi connectivity index (χ4v) is 1.00. The average Bonchev–Trinajstić information content (AvgIpc) is 2.07. The molecule has 0 N–H and O–H groups in total. The first-order chi connectivity index (χ1) is 5.74. The first kappa shape index (κ1) is 9.56. The third-order valence-electron chi connectivity index (χ3n) is 1.34. The molecule has 0 aliphatic rings. The summed E-state index contributed by atoms with van der Waals surface area (Å²) in [4.78, 5) is 0. The van der Waals surface area contributed by atoms with Crippen LogP contribution in [0.5, 0.6) is 0 Å². The van der Waals surface area contributed by atoms with Gasteiger partial charge in [0.25, 0.3) is 0 Å². The Morgan fingerprint density at radius 1 is 1.42 bits per heavy atom. The van der Waals surface area contributed by atoms with E-state index in [9.17, 15) is 4.39 Å². The molecule has 0 saturated heterocycles. The number of halogens is 3. The Kier molecular flexibility index (Phi) is 3.57. The molecule has 0 heterocycles. The third-order valence-corrected chi connectivity index (χ3v) is 1.83. The van der Waals surface area contributed by atoms with Crippen molar-refractivity contribution in [3.05, 3.63) is 40.7 Å². The zero-order valence-corrected chi connectivity index (χ0v) is 7.74. The van der Waals surface area contributed by atoms with Gasteiger partial charge in [0.05, 0.1) is 5.02 Å². The smallest absolute Gasteiger partial charge is 0.142 e. The van der Waals surface area contributed by atoms with Gasteiger partial charge in [0.2, 0.25) is 0 Å². The van der Waals surface area contributed by atoms with Crippen LogP contribution in [0.3, 0.4) is 0 Å². The van der Waals surface area contributed by atoms with Crippen molar-refractivity contribution in [2.75, 3.05) is 5.88 Å². The summed E-state index contributed by atoms with van der Waals surface area (Å²) in [5, 5.41) is 0.137. The number of benzene rings is 1. The molecule has 1 rings (SSSR count). The number of hydrogen-bond acceptors (Lipinski definition) is 0. The lowest BCUT2D eigenvalue weighted by molar-refractivity contribution is 0.628. The highest BCUT2D eigenvalue weighted by molar-refractivity contribution is 6.30. The molecule has 1 aromatic carbocycles. The Morgan fingerprint density at radius 3 is 2.75 bits per heavy atom. The van der Waals surface area contributed by atoms with Crippen LogP contribution >= 0.6 is 23.2 Å². The quantitative estimate of drug-likeness (QED) is 0.645. The SMILES string of the molecule is Fc1cc(C=CCCl)ccc1Cl. The molecule has 64 valence electrons. The van der Waals surface area contributed by atoms with Crippen molar-refractivity contribution < 1.29 is 4.39 Å². The molecule has 0 unspecified atom stereocenters. The Balaban J connectivity index is 2.89. The molecule has 0 aliphatic carbocycles. The van der Waals surface area contributed by atoms with Crippen molar-refractivity contribution in [1.29, 1.82) is 0 Å². The molecule has 0 atom stereocenters. The fraction of sp³-hybridized carbons (Fsp3) is 0.111. The number of hydrogen-bond donors (Lipinski definition) is 0. The second-order valence-electron chi connectivity index (χ2n) is 2.23. The van der Waals surface area contributed by atoms with Crippen molar-refractivity contribution in [2.45, 2.75) is 0 Å². The maximum atomic E-state index is 12.8. The molecular formula is C9H7Cl2F. The molecule has 0 aromatic heterocycles. The van der Waals surface area contributed by atoms with E-state index in [4.69, 9.17) is 23.2 Å². The van der Waals surface area contributed by atoms with Gasteiger partial charge in [-0.1, -0.05) is 29.8 Å². The van der Waals surface area contributed by atoms with E-state index in [0.717, 1.165) is 5.56 Å².